The number of hydrogen-bond acceptors (Lipinski definition) is 6. The molecule has 0 atom stereocenters. The van der Waals surface area contributed by atoms with Crippen LogP contribution in [0.1, 0.15) is 0 Å². The Hall–Kier alpha value is -3.49. The highest BCUT2D eigenvalue weighted by molar-refractivity contribution is 8.14. The molecule has 1 N–H and O–H groups in total. The van der Waals surface area contributed by atoms with Gasteiger partial charge in [-0.25, -0.2) is 21.8 Å². The molecule has 0 saturated heterocycles. The van der Waals surface area contributed by atoms with E-state index >= 15 is 0 Å². The van der Waals surface area contributed by atoms with E-state index in [2.05, 4.69) is 10.3 Å². The van der Waals surface area contributed by atoms with Crippen LogP contribution in [0.15, 0.2) is 117 Å². The lowest BCUT2D eigenvalue weighted by Crippen LogP contribution is -2.16. The maximum absolute atomic E-state index is 13.3. The van der Waals surface area contributed by atoms with Crippen molar-refractivity contribution in [2.24, 2.45) is 0 Å². The highest BCUT2D eigenvalue weighted by atomic mass is 32.3. The largest absolute Gasteiger partial charge is 0.345 e. The average molecular weight is 451 g/mol. The summed E-state index contributed by atoms with van der Waals surface area (Å²) in [4.78, 5) is 4.18. The van der Waals surface area contributed by atoms with E-state index in [1.165, 1.54) is 48.5 Å². The summed E-state index contributed by atoms with van der Waals surface area (Å²) in [7, 11) is -8.67. The van der Waals surface area contributed by atoms with Crippen molar-refractivity contribution in [3.05, 3.63) is 107 Å². The Morgan fingerprint density at radius 1 is 0.645 bits per heavy atom. The predicted octanol–water partition coefficient (Wildman–Crippen LogP) is 4.39. The van der Waals surface area contributed by atoms with Gasteiger partial charge in [0.1, 0.15) is 5.82 Å². The fourth-order valence-corrected chi connectivity index (χ4v) is 6.67. The number of para-hydroxylation sites is 1. The molecule has 4 aromatic rings. The molecule has 0 aliphatic rings. The third-order valence-electron chi connectivity index (χ3n) is 4.57. The molecule has 0 fully saturated rings. The van der Waals surface area contributed by atoms with E-state index < -0.39 is 23.9 Å². The van der Waals surface area contributed by atoms with Crippen molar-refractivity contribution in [1.29, 1.82) is 0 Å². The van der Waals surface area contributed by atoms with Crippen molar-refractivity contribution in [1.82, 2.24) is 4.98 Å². The SMILES string of the molecule is O=S(=O)(C(=CNc1ccc2ccccc2n1)S(=O)(=O)c1ccccc1)c1ccccc1. The van der Waals surface area contributed by atoms with Gasteiger partial charge in [-0.2, -0.15) is 0 Å². The van der Waals surface area contributed by atoms with E-state index in [-0.39, 0.29) is 9.79 Å². The maximum atomic E-state index is 13.3. The van der Waals surface area contributed by atoms with Crippen molar-refractivity contribution in [2.75, 3.05) is 5.32 Å². The Bertz CT molecular complexity index is 1390. The van der Waals surface area contributed by atoms with E-state index in [0.29, 0.717) is 11.3 Å². The summed E-state index contributed by atoms with van der Waals surface area (Å²) in [5.41, 5.74) is 0.694. The second-order valence-corrected chi connectivity index (χ2v) is 10.7. The van der Waals surface area contributed by atoms with Crippen LogP contribution in [0.25, 0.3) is 10.9 Å². The fraction of sp³-hybridized carbons (Fsp3) is 0. The lowest BCUT2D eigenvalue weighted by Gasteiger charge is -2.12. The molecule has 1 aromatic heterocycles. The van der Waals surface area contributed by atoms with Crippen LogP contribution in [0, 0.1) is 0 Å². The third-order valence-corrected chi connectivity index (χ3v) is 8.97. The van der Waals surface area contributed by atoms with Gasteiger partial charge in [0.2, 0.25) is 19.7 Å². The Labute approximate surface area is 180 Å². The van der Waals surface area contributed by atoms with Gasteiger partial charge in [0.05, 0.1) is 15.3 Å². The third kappa shape index (κ3) is 4.21. The van der Waals surface area contributed by atoms with Crippen LogP contribution in [0.2, 0.25) is 0 Å². The minimum Gasteiger partial charge on any atom is -0.345 e. The number of nitrogens with one attached hydrogen (secondary N) is 1. The lowest BCUT2D eigenvalue weighted by molar-refractivity contribution is 0.595. The summed E-state index contributed by atoms with van der Waals surface area (Å²) < 4.78 is 52.4. The second kappa shape index (κ2) is 8.33. The van der Waals surface area contributed by atoms with Gasteiger partial charge < -0.3 is 5.32 Å². The number of nitrogens with zero attached hydrogens (tertiary/aromatic N) is 1. The van der Waals surface area contributed by atoms with Gasteiger partial charge in [-0.05, 0) is 42.5 Å². The smallest absolute Gasteiger partial charge is 0.219 e. The van der Waals surface area contributed by atoms with Crippen LogP contribution < -0.4 is 5.32 Å². The molecule has 0 aliphatic carbocycles. The summed E-state index contributed by atoms with van der Waals surface area (Å²) >= 11 is 0. The van der Waals surface area contributed by atoms with Gasteiger partial charge in [-0.1, -0.05) is 54.6 Å². The molecular weight excluding hydrogens is 432 g/mol. The van der Waals surface area contributed by atoms with Crippen LogP contribution in [0.4, 0.5) is 5.82 Å². The number of fused-ring (bicyclic) bond motifs is 1. The minimum atomic E-state index is -4.34. The first-order valence-electron chi connectivity index (χ1n) is 9.32. The molecule has 0 unspecified atom stereocenters. The summed E-state index contributed by atoms with van der Waals surface area (Å²) in [5.74, 6) is 0.322. The monoisotopic (exact) mass is 450 g/mol. The summed E-state index contributed by atoms with van der Waals surface area (Å²) in [6, 6.07) is 25.8. The molecule has 0 saturated carbocycles. The van der Waals surface area contributed by atoms with Crippen LogP contribution in [-0.4, -0.2) is 21.8 Å². The van der Waals surface area contributed by atoms with Crippen LogP contribution >= 0.6 is 0 Å². The molecule has 6 nitrogen and oxygen atoms in total. The number of sulfone groups is 2. The molecule has 8 heteroatoms. The van der Waals surface area contributed by atoms with E-state index in [0.717, 1.165) is 11.6 Å². The molecule has 0 radical (unpaired) electrons. The standard InChI is InChI=1S/C23H18N2O4S2/c26-30(27,19-10-3-1-4-11-19)23(31(28,29)20-12-5-2-6-13-20)17-24-22-16-15-18-9-7-8-14-21(18)25-22/h1-17H,(H,24,25). The van der Waals surface area contributed by atoms with Gasteiger partial charge >= 0.3 is 0 Å². The molecule has 156 valence electrons. The van der Waals surface area contributed by atoms with Crippen molar-refractivity contribution >= 4 is 36.4 Å². The van der Waals surface area contributed by atoms with Gasteiger partial charge in [-0.3, -0.25) is 0 Å². The van der Waals surface area contributed by atoms with Crippen molar-refractivity contribution in [2.45, 2.75) is 9.79 Å². The molecule has 3 aromatic carbocycles. The highest BCUT2D eigenvalue weighted by Gasteiger charge is 2.33. The molecule has 0 amide bonds. The topological polar surface area (TPSA) is 93.2 Å². The summed E-state index contributed by atoms with van der Waals surface area (Å²) in [6.07, 6.45) is 0.988. The number of pyridine rings is 1. The number of rotatable bonds is 6. The van der Waals surface area contributed by atoms with Crippen LogP contribution in [-0.2, 0) is 19.7 Å². The van der Waals surface area contributed by atoms with Gasteiger partial charge in [-0.15, -0.1) is 0 Å². The predicted molar refractivity (Wildman–Crippen MR) is 121 cm³/mol. The number of hydrogen-bond donors (Lipinski definition) is 1. The van der Waals surface area contributed by atoms with Crippen LogP contribution in [0.3, 0.4) is 0 Å². The number of aromatic nitrogens is 1. The Morgan fingerprint density at radius 3 is 1.74 bits per heavy atom. The first-order chi connectivity index (χ1) is 14.9. The molecule has 0 bridgehead atoms. The molecule has 0 spiro atoms. The van der Waals surface area contributed by atoms with Crippen molar-refractivity contribution in [3.63, 3.8) is 0 Å². The lowest BCUT2D eigenvalue weighted by atomic mass is 10.2. The zero-order chi connectivity index (χ0) is 21.9. The number of anilines is 1. The normalized spacial score (nSPS) is 11.7. The average Bonchev–Trinajstić information content (AvgIpc) is 2.80. The number of benzene rings is 3. The molecule has 31 heavy (non-hydrogen) atoms. The molecule has 0 aliphatic heterocycles. The highest BCUT2D eigenvalue weighted by Crippen LogP contribution is 2.29. The van der Waals surface area contributed by atoms with Gasteiger partial charge in [0.15, 0.2) is 4.24 Å². The Kier molecular flexibility index (Phi) is 5.58. The maximum Gasteiger partial charge on any atom is 0.219 e. The summed E-state index contributed by atoms with van der Waals surface area (Å²) in [6.45, 7) is 0. The Morgan fingerprint density at radius 2 is 1.16 bits per heavy atom. The first kappa shape index (κ1) is 20.8. The van der Waals surface area contributed by atoms with Crippen molar-refractivity contribution in [3.8, 4) is 0 Å². The van der Waals surface area contributed by atoms with Gasteiger partial charge in [0, 0.05) is 11.6 Å². The van der Waals surface area contributed by atoms with Gasteiger partial charge in [0.25, 0.3) is 0 Å². The van der Waals surface area contributed by atoms with E-state index in [4.69, 9.17) is 0 Å². The van der Waals surface area contributed by atoms with E-state index in [1.54, 1.807) is 18.2 Å². The zero-order valence-electron chi connectivity index (χ0n) is 16.2. The Balaban J connectivity index is 1.83. The van der Waals surface area contributed by atoms with Crippen molar-refractivity contribution < 1.29 is 16.8 Å². The zero-order valence-corrected chi connectivity index (χ0v) is 17.8. The van der Waals surface area contributed by atoms with E-state index in [9.17, 15) is 16.8 Å². The van der Waals surface area contributed by atoms with Crippen LogP contribution in [0.5, 0.6) is 0 Å². The molecule has 4 rings (SSSR count). The second-order valence-electron chi connectivity index (χ2n) is 6.63. The molecule has 1 heterocycles. The van der Waals surface area contributed by atoms with E-state index in [1.807, 2.05) is 30.3 Å². The minimum absolute atomic E-state index is 0.117. The quantitative estimate of drug-likeness (QED) is 0.468. The first-order valence-corrected chi connectivity index (χ1v) is 12.3. The fourth-order valence-electron chi connectivity index (χ4n) is 3.01. The summed E-state index contributed by atoms with van der Waals surface area (Å²) in [5, 5.41) is 3.67. The molecular formula is C23H18N2O4S2.